The Labute approximate surface area is 334 Å². The van der Waals surface area contributed by atoms with Crippen LogP contribution in [-0.2, 0) is 32.7 Å². The van der Waals surface area contributed by atoms with Crippen molar-refractivity contribution >= 4 is 19.8 Å². The Hall–Kier alpha value is -2.33. The van der Waals surface area contributed by atoms with E-state index in [0.29, 0.717) is 12.8 Å². The van der Waals surface area contributed by atoms with E-state index in [1.54, 1.807) is 0 Å². The standard InChI is InChI=1S/C44H77O10P/c1-3-5-7-9-11-13-15-17-19-20-22-24-26-28-30-32-34-36-44(48)54-42(40-53-55(49,50)52-38-41(46)37-45)39-51-43(47)35-33-31-29-27-25-23-21-18-16-14-12-10-8-6-4-2/h6,8,11-14,17-19,21,41-42,45-46H,3-5,7,9-10,15-16,20,22-40H2,1-2H3,(H,49,50)/b8-6-,13-11-,14-12-,19-17-,21-18-/t41-,42+/m0/s1. The topological polar surface area (TPSA) is 149 Å². The number of carbonyl (C=O) groups is 2. The summed E-state index contributed by atoms with van der Waals surface area (Å²) >= 11 is 0. The smallest absolute Gasteiger partial charge is 0.462 e. The maximum atomic E-state index is 12.6. The molecule has 0 aliphatic heterocycles. The lowest BCUT2D eigenvalue weighted by Crippen LogP contribution is -2.29. The molecule has 0 rings (SSSR count). The molecular weight excluding hydrogens is 719 g/mol. The maximum Gasteiger partial charge on any atom is 0.472 e. The van der Waals surface area contributed by atoms with Crippen molar-refractivity contribution in [3.63, 3.8) is 0 Å². The summed E-state index contributed by atoms with van der Waals surface area (Å²) in [6, 6.07) is 0. The van der Waals surface area contributed by atoms with Crippen LogP contribution in [0.4, 0.5) is 0 Å². The van der Waals surface area contributed by atoms with Crippen LogP contribution in [0.2, 0.25) is 0 Å². The number of hydrogen-bond donors (Lipinski definition) is 3. The molecule has 3 N–H and O–H groups in total. The molecule has 0 aromatic rings. The second kappa shape index (κ2) is 39.9. The zero-order valence-corrected chi connectivity index (χ0v) is 35.3. The van der Waals surface area contributed by atoms with E-state index in [1.807, 2.05) is 0 Å². The molecule has 55 heavy (non-hydrogen) atoms. The van der Waals surface area contributed by atoms with Crippen LogP contribution in [0.15, 0.2) is 60.8 Å². The summed E-state index contributed by atoms with van der Waals surface area (Å²) in [6.45, 7) is 2.20. The number of phosphoric ester groups is 1. The molecule has 10 nitrogen and oxygen atoms in total. The quantitative estimate of drug-likeness (QED) is 0.0237. The van der Waals surface area contributed by atoms with Gasteiger partial charge in [0, 0.05) is 12.8 Å². The number of unbranched alkanes of at least 4 members (excludes halogenated alkanes) is 15. The Morgan fingerprint density at radius 1 is 0.564 bits per heavy atom. The van der Waals surface area contributed by atoms with Crippen molar-refractivity contribution in [2.45, 2.75) is 180 Å². The number of aliphatic hydroxyl groups excluding tert-OH is 2. The van der Waals surface area contributed by atoms with E-state index < -0.39 is 51.8 Å². The predicted octanol–water partition coefficient (Wildman–Crippen LogP) is 11.1. The lowest BCUT2D eigenvalue weighted by Gasteiger charge is -2.20. The number of carbonyl (C=O) groups excluding carboxylic acids is 2. The van der Waals surface area contributed by atoms with Crippen LogP contribution in [0.3, 0.4) is 0 Å². The lowest BCUT2D eigenvalue weighted by atomic mass is 10.1. The van der Waals surface area contributed by atoms with Gasteiger partial charge in [0.15, 0.2) is 6.10 Å². The first-order valence-corrected chi connectivity index (χ1v) is 22.7. The highest BCUT2D eigenvalue weighted by Crippen LogP contribution is 2.43. The average Bonchev–Trinajstić information content (AvgIpc) is 3.17. The van der Waals surface area contributed by atoms with Gasteiger partial charge >= 0.3 is 19.8 Å². The first kappa shape index (κ1) is 52.7. The second-order valence-corrected chi connectivity index (χ2v) is 15.4. The van der Waals surface area contributed by atoms with Crippen molar-refractivity contribution < 1.29 is 47.8 Å². The van der Waals surface area contributed by atoms with E-state index in [2.05, 4.69) is 79.1 Å². The Morgan fingerprint density at radius 3 is 1.51 bits per heavy atom. The van der Waals surface area contributed by atoms with Gasteiger partial charge in [-0.25, -0.2) is 4.57 Å². The normalized spacial score (nSPS) is 14.5. The van der Waals surface area contributed by atoms with E-state index in [-0.39, 0.29) is 19.4 Å². The number of aliphatic hydroxyl groups is 2. The molecule has 0 aliphatic carbocycles. The van der Waals surface area contributed by atoms with Gasteiger partial charge in [-0.2, -0.15) is 0 Å². The Kier molecular flexibility index (Phi) is 38.2. The summed E-state index contributed by atoms with van der Waals surface area (Å²) in [7, 11) is -4.62. The van der Waals surface area contributed by atoms with Gasteiger partial charge in [0.2, 0.25) is 0 Å². The fourth-order valence-electron chi connectivity index (χ4n) is 5.39. The summed E-state index contributed by atoms with van der Waals surface area (Å²) in [4.78, 5) is 35.0. The molecule has 0 aliphatic rings. The molecular formula is C44H77O10P. The molecule has 1 unspecified atom stereocenters. The number of allylic oxidation sites excluding steroid dienone is 10. The minimum atomic E-state index is -4.62. The zero-order chi connectivity index (χ0) is 40.5. The Morgan fingerprint density at radius 2 is 1.00 bits per heavy atom. The molecule has 0 bridgehead atoms. The molecule has 0 saturated carbocycles. The number of ether oxygens (including phenoxy) is 2. The van der Waals surface area contributed by atoms with Crippen LogP contribution >= 0.6 is 7.82 Å². The van der Waals surface area contributed by atoms with Gasteiger partial charge < -0.3 is 24.6 Å². The highest BCUT2D eigenvalue weighted by atomic mass is 31.2. The van der Waals surface area contributed by atoms with E-state index >= 15 is 0 Å². The van der Waals surface area contributed by atoms with Crippen LogP contribution < -0.4 is 0 Å². The molecule has 0 aromatic carbocycles. The molecule has 0 fully saturated rings. The van der Waals surface area contributed by atoms with Gasteiger partial charge in [-0.05, 0) is 77.0 Å². The number of hydrogen-bond acceptors (Lipinski definition) is 9. The van der Waals surface area contributed by atoms with Gasteiger partial charge in [-0.1, -0.05) is 139 Å². The van der Waals surface area contributed by atoms with Gasteiger partial charge in [0.25, 0.3) is 0 Å². The van der Waals surface area contributed by atoms with Crippen LogP contribution in [0, 0.1) is 0 Å². The molecule has 11 heteroatoms. The van der Waals surface area contributed by atoms with Gasteiger partial charge in [0.1, 0.15) is 12.7 Å². The summed E-state index contributed by atoms with van der Waals surface area (Å²) in [5.41, 5.74) is 0. The molecule has 0 saturated heterocycles. The summed E-state index contributed by atoms with van der Waals surface area (Å²) in [5, 5.41) is 18.3. The highest BCUT2D eigenvalue weighted by molar-refractivity contribution is 7.47. The number of esters is 2. The summed E-state index contributed by atoms with van der Waals surface area (Å²) in [6.07, 6.45) is 43.2. The van der Waals surface area contributed by atoms with E-state index in [0.717, 1.165) is 89.9 Å². The first-order chi connectivity index (χ1) is 26.7. The van der Waals surface area contributed by atoms with Gasteiger partial charge in [0.05, 0.1) is 19.8 Å². The molecule has 3 atom stereocenters. The number of phosphoric acid groups is 1. The van der Waals surface area contributed by atoms with Gasteiger partial charge in [-0.15, -0.1) is 0 Å². The molecule has 0 spiro atoms. The van der Waals surface area contributed by atoms with Crippen molar-refractivity contribution in [2.75, 3.05) is 26.4 Å². The van der Waals surface area contributed by atoms with Crippen molar-refractivity contribution in [3.05, 3.63) is 60.8 Å². The van der Waals surface area contributed by atoms with Crippen LogP contribution in [0.5, 0.6) is 0 Å². The fourth-order valence-corrected chi connectivity index (χ4v) is 6.18. The van der Waals surface area contributed by atoms with Crippen LogP contribution in [0.25, 0.3) is 0 Å². The minimum absolute atomic E-state index is 0.169. The van der Waals surface area contributed by atoms with Crippen molar-refractivity contribution in [1.29, 1.82) is 0 Å². The third kappa shape index (κ3) is 39.7. The van der Waals surface area contributed by atoms with E-state index in [1.165, 1.54) is 38.5 Å². The van der Waals surface area contributed by atoms with Crippen molar-refractivity contribution in [3.8, 4) is 0 Å². The van der Waals surface area contributed by atoms with Crippen LogP contribution in [-0.4, -0.2) is 65.7 Å². The molecule has 0 amide bonds. The average molecular weight is 797 g/mol. The second-order valence-electron chi connectivity index (χ2n) is 14.0. The molecule has 318 valence electrons. The molecule has 0 heterocycles. The summed E-state index contributed by atoms with van der Waals surface area (Å²) in [5.74, 6) is -0.958. The first-order valence-electron chi connectivity index (χ1n) is 21.2. The van der Waals surface area contributed by atoms with Gasteiger partial charge in [-0.3, -0.25) is 18.6 Å². The Bertz CT molecular complexity index is 1100. The molecule has 0 aromatic heterocycles. The van der Waals surface area contributed by atoms with Crippen LogP contribution in [0.1, 0.15) is 168 Å². The highest BCUT2D eigenvalue weighted by Gasteiger charge is 2.27. The van der Waals surface area contributed by atoms with E-state index in [9.17, 15) is 24.2 Å². The third-order valence-corrected chi connectivity index (χ3v) is 9.61. The predicted molar refractivity (Wildman–Crippen MR) is 224 cm³/mol. The Balaban J connectivity index is 4.35. The van der Waals surface area contributed by atoms with Crippen molar-refractivity contribution in [2.24, 2.45) is 0 Å². The maximum absolute atomic E-state index is 12.6. The largest absolute Gasteiger partial charge is 0.472 e. The third-order valence-electron chi connectivity index (χ3n) is 8.66. The zero-order valence-electron chi connectivity index (χ0n) is 34.4. The SMILES string of the molecule is CC/C=C\C/C=C\C/C=C\CCCCCCCC(=O)OC[C@H](COP(=O)(O)OC[C@@H](O)CO)OC(=O)CCCCCCCCC/C=C\C/C=C\CCCCC. The van der Waals surface area contributed by atoms with E-state index in [4.69, 9.17) is 19.1 Å². The molecule has 0 radical (unpaired) electrons. The summed E-state index contributed by atoms with van der Waals surface area (Å²) < 4.78 is 32.7. The lowest BCUT2D eigenvalue weighted by molar-refractivity contribution is -0.161. The minimum Gasteiger partial charge on any atom is -0.462 e. The fraction of sp³-hybridized carbons (Fsp3) is 0.727. The monoisotopic (exact) mass is 797 g/mol. The number of rotatable bonds is 39. The van der Waals surface area contributed by atoms with Crippen molar-refractivity contribution in [1.82, 2.24) is 0 Å².